The molecule has 28 heavy (non-hydrogen) atoms. The number of hydrogen-bond donors (Lipinski definition) is 0. The lowest BCUT2D eigenvalue weighted by molar-refractivity contribution is 1.26. The van der Waals surface area contributed by atoms with Gasteiger partial charge in [0.2, 0.25) is 0 Å². The molecule has 0 atom stereocenters. The monoisotopic (exact) mass is 365 g/mol. The Morgan fingerprint density at radius 1 is 0.857 bits per heavy atom. The first-order valence-corrected chi connectivity index (χ1v) is 9.95. The molecule has 4 rings (SSSR count). The molecule has 0 N–H and O–H groups in total. The molecule has 0 saturated carbocycles. The Hall–Kier alpha value is -2.93. The first kappa shape index (κ1) is 18.4. The van der Waals surface area contributed by atoms with Gasteiger partial charge in [-0.25, -0.2) is 0 Å². The molecule has 1 nitrogen and oxygen atoms in total. The van der Waals surface area contributed by atoms with Crippen LogP contribution in [-0.4, -0.2) is 6.21 Å². The van der Waals surface area contributed by atoms with Crippen molar-refractivity contribution in [2.75, 3.05) is 0 Å². The van der Waals surface area contributed by atoms with Gasteiger partial charge < -0.3 is 0 Å². The van der Waals surface area contributed by atoms with Crippen LogP contribution in [-0.2, 0) is 0 Å². The quantitative estimate of drug-likeness (QED) is 0.423. The number of nitrogens with zero attached hydrogens (tertiary/aromatic N) is 1. The highest BCUT2D eigenvalue weighted by Gasteiger charge is 2.16. The van der Waals surface area contributed by atoms with Crippen molar-refractivity contribution in [3.63, 3.8) is 0 Å². The minimum Gasteiger partial charge on any atom is -0.256 e. The molecular weight excluding hydrogens is 338 g/mol. The van der Waals surface area contributed by atoms with Gasteiger partial charge in [-0.2, -0.15) is 0 Å². The molecule has 1 aliphatic carbocycles. The molecule has 0 saturated heterocycles. The summed E-state index contributed by atoms with van der Waals surface area (Å²) in [7, 11) is 0. The van der Waals surface area contributed by atoms with Crippen LogP contribution < -0.4 is 0 Å². The van der Waals surface area contributed by atoms with Crippen molar-refractivity contribution in [1.29, 1.82) is 0 Å². The molecule has 0 unspecified atom stereocenters. The van der Waals surface area contributed by atoms with Crippen LogP contribution in [0.3, 0.4) is 0 Å². The fourth-order valence-electron chi connectivity index (χ4n) is 4.44. The van der Waals surface area contributed by atoms with E-state index in [1.165, 1.54) is 55.3 Å². The summed E-state index contributed by atoms with van der Waals surface area (Å²) in [5.41, 5.74) is 11.5. The summed E-state index contributed by atoms with van der Waals surface area (Å²) in [6.07, 6.45) is 5.41. The maximum absolute atomic E-state index is 4.98. The maximum atomic E-state index is 4.98. The number of aliphatic imine (C=N–C) groups is 1. The molecule has 3 aromatic rings. The average molecular weight is 366 g/mol. The average Bonchev–Trinajstić information content (AvgIpc) is 2.98. The molecule has 0 aromatic heterocycles. The van der Waals surface area contributed by atoms with Crippen molar-refractivity contribution in [2.45, 2.75) is 41.0 Å². The van der Waals surface area contributed by atoms with Crippen LogP contribution in [0.5, 0.6) is 0 Å². The Labute approximate surface area is 168 Å². The van der Waals surface area contributed by atoms with E-state index in [0.29, 0.717) is 0 Å². The number of allylic oxidation sites excluding steroid dienone is 4. The fourth-order valence-corrected chi connectivity index (χ4v) is 4.44. The summed E-state index contributed by atoms with van der Waals surface area (Å²) in [6.45, 7) is 10.9. The summed E-state index contributed by atoms with van der Waals surface area (Å²) in [5, 5.41) is 2.52. The van der Waals surface area contributed by atoms with E-state index in [0.717, 1.165) is 12.1 Å². The van der Waals surface area contributed by atoms with Crippen molar-refractivity contribution in [3.05, 3.63) is 93.6 Å². The van der Waals surface area contributed by atoms with Gasteiger partial charge in [0.15, 0.2) is 0 Å². The molecule has 0 radical (unpaired) electrons. The molecule has 0 fully saturated rings. The molecular formula is C27H27N. The predicted molar refractivity (Wildman–Crippen MR) is 123 cm³/mol. The van der Waals surface area contributed by atoms with Gasteiger partial charge in [-0.1, -0.05) is 65.7 Å². The van der Waals surface area contributed by atoms with Crippen molar-refractivity contribution in [2.24, 2.45) is 4.99 Å². The molecule has 1 heteroatoms. The van der Waals surface area contributed by atoms with E-state index in [1.54, 1.807) is 0 Å². The van der Waals surface area contributed by atoms with Crippen LogP contribution in [0.25, 0.3) is 16.3 Å². The van der Waals surface area contributed by atoms with Crippen LogP contribution in [0.15, 0.2) is 70.7 Å². The molecule has 1 aliphatic rings. The van der Waals surface area contributed by atoms with Crippen molar-refractivity contribution >= 4 is 28.2 Å². The number of hydrogen-bond acceptors (Lipinski definition) is 1. The molecule has 0 spiro atoms. The molecule has 0 heterocycles. The zero-order valence-electron chi connectivity index (χ0n) is 17.4. The van der Waals surface area contributed by atoms with Gasteiger partial charge in [0.05, 0.1) is 5.69 Å². The van der Waals surface area contributed by atoms with Crippen molar-refractivity contribution in [3.8, 4) is 0 Å². The molecule has 0 amide bonds. The highest BCUT2D eigenvalue weighted by Crippen LogP contribution is 2.37. The minimum atomic E-state index is 1.02. The van der Waals surface area contributed by atoms with Gasteiger partial charge in [0.25, 0.3) is 0 Å². The summed E-state index contributed by atoms with van der Waals surface area (Å²) < 4.78 is 0. The van der Waals surface area contributed by atoms with Gasteiger partial charge in [-0.3, -0.25) is 4.99 Å². The first-order valence-electron chi connectivity index (χ1n) is 9.95. The minimum absolute atomic E-state index is 1.02. The summed E-state index contributed by atoms with van der Waals surface area (Å²) in [5.74, 6) is 0. The van der Waals surface area contributed by atoms with Gasteiger partial charge >= 0.3 is 0 Å². The SMILES string of the molecule is CC1=CC(C)=C(c2ccc3ccccc3c2C=Nc2c(C)cc(C)cc2C)C1. The number of rotatable bonds is 3. The molecule has 0 aliphatic heterocycles. The first-order chi connectivity index (χ1) is 13.4. The summed E-state index contributed by atoms with van der Waals surface area (Å²) >= 11 is 0. The third-order valence-corrected chi connectivity index (χ3v) is 5.65. The smallest absolute Gasteiger partial charge is 0.0688 e. The van der Waals surface area contributed by atoms with E-state index >= 15 is 0 Å². The van der Waals surface area contributed by atoms with E-state index in [2.05, 4.69) is 95.4 Å². The molecule has 3 aromatic carbocycles. The van der Waals surface area contributed by atoms with E-state index < -0.39 is 0 Å². The molecule has 0 bridgehead atoms. The van der Waals surface area contributed by atoms with Gasteiger partial charge in [0, 0.05) is 11.8 Å². The Kier molecular flexibility index (Phi) is 4.77. The zero-order chi connectivity index (χ0) is 19.8. The standard InChI is InChI=1S/C27H27N/c1-17-13-20(4)27(21(5)14-17)28-16-26-23-9-7-6-8-22(23)10-11-24(26)25-15-18(2)12-19(25)3/h6-14,16H,15H2,1-5H3. The number of aryl methyl sites for hydroxylation is 3. The maximum Gasteiger partial charge on any atom is 0.0688 e. The third kappa shape index (κ3) is 3.33. The normalized spacial score (nSPS) is 14.4. The Morgan fingerprint density at radius 2 is 1.57 bits per heavy atom. The van der Waals surface area contributed by atoms with E-state index in [-0.39, 0.29) is 0 Å². The van der Waals surface area contributed by atoms with E-state index in [1.807, 2.05) is 0 Å². The largest absolute Gasteiger partial charge is 0.256 e. The Bertz CT molecular complexity index is 1150. The van der Waals surface area contributed by atoms with Gasteiger partial charge in [-0.05, 0) is 79.6 Å². The number of benzene rings is 3. The van der Waals surface area contributed by atoms with Crippen LogP contribution in [0.2, 0.25) is 0 Å². The topological polar surface area (TPSA) is 12.4 Å². The second-order valence-electron chi connectivity index (χ2n) is 8.08. The Morgan fingerprint density at radius 3 is 2.25 bits per heavy atom. The predicted octanol–water partition coefficient (Wildman–Crippen LogP) is 7.64. The highest BCUT2D eigenvalue weighted by atomic mass is 14.7. The summed E-state index contributed by atoms with van der Waals surface area (Å²) in [4.78, 5) is 4.98. The van der Waals surface area contributed by atoms with Crippen LogP contribution in [0, 0.1) is 20.8 Å². The lowest BCUT2D eigenvalue weighted by Crippen LogP contribution is -1.96. The van der Waals surface area contributed by atoms with Gasteiger partial charge in [-0.15, -0.1) is 0 Å². The lowest BCUT2D eigenvalue weighted by Gasteiger charge is -2.13. The fraction of sp³-hybridized carbons (Fsp3) is 0.222. The van der Waals surface area contributed by atoms with Crippen molar-refractivity contribution < 1.29 is 0 Å². The number of fused-ring (bicyclic) bond motifs is 1. The second kappa shape index (κ2) is 7.24. The summed E-state index contributed by atoms with van der Waals surface area (Å²) in [6, 6.07) is 17.5. The highest BCUT2D eigenvalue weighted by molar-refractivity contribution is 6.05. The molecule has 140 valence electrons. The zero-order valence-corrected chi connectivity index (χ0v) is 17.4. The van der Waals surface area contributed by atoms with Crippen LogP contribution in [0.4, 0.5) is 5.69 Å². The van der Waals surface area contributed by atoms with E-state index in [9.17, 15) is 0 Å². The third-order valence-electron chi connectivity index (χ3n) is 5.65. The second-order valence-corrected chi connectivity index (χ2v) is 8.08. The van der Waals surface area contributed by atoms with Crippen LogP contribution in [0.1, 0.15) is 48.1 Å². The van der Waals surface area contributed by atoms with Crippen molar-refractivity contribution in [1.82, 2.24) is 0 Å². The van der Waals surface area contributed by atoms with Crippen LogP contribution >= 0.6 is 0 Å². The van der Waals surface area contributed by atoms with E-state index in [4.69, 9.17) is 4.99 Å². The Balaban J connectivity index is 1.91. The van der Waals surface area contributed by atoms with Gasteiger partial charge in [0.1, 0.15) is 0 Å². The lowest BCUT2D eigenvalue weighted by atomic mass is 9.92.